The van der Waals surface area contributed by atoms with Crippen molar-refractivity contribution < 1.29 is 8.42 Å². The summed E-state index contributed by atoms with van der Waals surface area (Å²) in [6, 6.07) is 3.07. The van der Waals surface area contributed by atoms with E-state index in [9.17, 15) is 8.42 Å². The van der Waals surface area contributed by atoms with Gasteiger partial charge in [-0.05, 0) is 25.0 Å². The summed E-state index contributed by atoms with van der Waals surface area (Å²) in [7, 11) is -2.41. The quantitative estimate of drug-likeness (QED) is 0.670. The molecule has 0 bridgehead atoms. The number of rotatable bonds is 3. The third kappa shape index (κ3) is 2.98. The van der Waals surface area contributed by atoms with Gasteiger partial charge in [0.2, 0.25) is 0 Å². The van der Waals surface area contributed by atoms with Gasteiger partial charge in [-0.2, -0.15) is 0 Å². The van der Waals surface area contributed by atoms with Crippen LogP contribution in [0.15, 0.2) is 22.3 Å². The first-order valence-corrected chi connectivity index (χ1v) is 9.64. The maximum Gasteiger partial charge on any atom is 0.260 e. The summed E-state index contributed by atoms with van der Waals surface area (Å²) in [5, 5.41) is 7.88. The summed E-state index contributed by atoms with van der Waals surface area (Å²) in [6.45, 7) is 5.35. The van der Waals surface area contributed by atoms with Gasteiger partial charge in [0.05, 0.1) is 26.8 Å². The van der Waals surface area contributed by atoms with Gasteiger partial charge in [0.1, 0.15) is 5.82 Å². The smallest absolute Gasteiger partial charge is 0.260 e. The van der Waals surface area contributed by atoms with E-state index >= 15 is 0 Å². The molecule has 3 aromatic rings. The highest BCUT2D eigenvalue weighted by atomic mass is 35.5. The second-order valence-electron chi connectivity index (χ2n) is 5.92. The number of aromatic nitrogens is 5. The Balaban J connectivity index is 2.36. The molecule has 0 unspecified atom stereocenters. The molecule has 0 spiro atoms. The molecule has 0 radical (unpaired) electrons. The van der Waals surface area contributed by atoms with Crippen LogP contribution >= 0.6 is 23.2 Å². The molecule has 10 heteroatoms. The van der Waals surface area contributed by atoms with Gasteiger partial charge in [-0.15, -0.1) is 10.2 Å². The van der Waals surface area contributed by atoms with Crippen LogP contribution in [0.3, 0.4) is 0 Å². The molecule has 0 saturated heterocycles. The molecular formula is C15H15Cl2N5O2S. The third-order valence-corrected chi connectivity index (χ3v) is 6.16. The van der Waals surface area contributed by atoms with Crippen LogP contribution in [0.2, 0.25) is 10.0 Å². The van der Waals surface area contributed by atoms with Gasteiger partial charge in [-0.3, -0.25) is 0 Å². The lowest BCUT2D eigenvalue weighted by Crippen LogP contribution is -2.15. The lowest BCUT2D eigenvalue weighted by atomic mass is 10.1. The first-order chi connectivity index (χ1) is 11.6. The maximum absolute atomic E-state index is 13.1. The van der Waals surface area contributed by atoms with E-state index in [2.05, 4.69) is 20.2 Å². The zero-order valence-electron chi connectivity index (χ0n) is 13.9. The lowest BCUT2D eigenvalue weighted by molar-refractivity contribution is 0.569. The van der Waals surface area contributed by atoms with E-state index in [0.29, 0.717) is 27.6 Å². The van der Waals surface area contributed by atoms with Crippen molar-refractivity contribution in [2.24, 2.45) is 7.05 Å². The molecule has 2 aromatic heterocycles. The highest BCUT2D eigenvalue weighted by molar-refractivity contribution is 7.91. The molecule has 7 nitrogen and oxygen atoms in total. The average Bonchev–Trinajstić information content (AvgIpc) is 2.87. The SMILES string of the molecule is Cc1nnc(S(=O)(=O)c2nc3cc(Cl)c(Cl)cc3nc2C(C)C)n1C. The number of aryl methyl sites for hydroxylation is 1. The van der Waals surface area contributed by atoms with Gasteiger partial charge in [0.25, 0.3) is 15.0 Å². The summed E-state index contributed by atoms with van der Waals surface area (Å²) in [5.41, 5.74) is 1.16. The van der Waals surface area contributed by atoms with Crippen molar-refractivity contribution in [3.8, 4) is 0 Å². The van der Waals surface area contributed by atoms with Crippen molar-refractivity contribution in [2.45, 2.75) is 36.9 Å². The maximum atomic E-state index is 13.1. The van der Waals surface area contributed by atoms with Crippen molar-refractivity contribution in [3.63, 3.8) is 0 Å². The first kappa shape index (κ1) is 18.0. The molecular weight excluding hydrogens is 385 g/mol. The molecule has 0 fully saturated rings. The van der Waals surface area contributed by atoms with Crippen molar-refractivity contribution >= 4 is 44.1 Å². The predicted molar refractivity (Wildman–Crippen MR) is 94.8 cm³/mol. The van der Waals surface area contributed by atoms with E-state index in [1.807, 2.05) is 13.8 Å². The Labute approximate surface area is 154 Å². The normalized spacial score (nSPS) is 12.3. The predicted octanol–water partition coefficient (Wildman–Crippen LogP) is 3.33. The zero-order chi connectivity index (χ0) is 18.5. The van der Waals surface area contributed by atoms with Crippen LogP contribution in [0.1, 0.15) is 31.3 Å². The van der Waals surface area contributed by atoms with Crippen LogP contribution in [0.25, 0.3) is 11.0 Å². The van der Waals surface area contributed by atoms with E-state index in [4.69, 9.17) is 23.2 Å². The largest absolute Gasteiger partial charge is 0.305 e. The van der Waals surface area contributed by atoms with Gasteiger partial charge >= 0.3 is 0 Å². The molecule has 0 amide bonds. The Morgan fingerprint density at radius 2 is 1.60 bits per heavy atom. The van der Waals surface area contributed by atoms with E-state index in [-0.39, 0.29) is 21.1 Å². The number of sulfone groups is 1. The van der Waals surface area contributed by atoms with Crippen LogP contribution in [0.5, 0.6) is 0 Å². The van der Waals surface area contributed by atoms with Crippen LogP contribution in [0.4, 0.5) is 0 Å². The number of hydrogen-bond acceptors (Lipinski definition) is 6. The fourth-order valence-electron chi connectivity index (χ4n) is 2.33. The molecule has 0 aliphatic heterocycles. The van der Waals surface area contributed by atoms with Crippen molar-refractivity contribution in [2.75, 3.05) is 0 Å². The van der Waals surface area contributed by atoms with Gasteiger partial charge in [0, 0.05) is 7.05 Å². The molecule has 3 rings (SSSR count). The van der Waals surface area contributed by atoms with E-state index in [0.717, 1.165) is 0 Å². The van der Waals surface area contributed by atoms with Gasteiger partial charge in [-0.25, -0.2) is 18.4 Å². The zero-order valence-corrected chi connectivity index (χ0v) is 16.3. The Bertz CT molecular complexity index is 1090. The fourth-order valence-corrected chi connectivity index (χ4v) is 4.24. The van der Waals surface area contributed by atoms with Crippen LogP contribution < -0.4 is 0 Å². The monoisotopic (exact) mass is 399 g/mol. The van der Waals surface area contributed by atoms with Crippen LogP contribution in [0, 0.1) is 6.92 Å². The Kier molecular flexibility index (Phi) is 4.47. The molecule has 132 valence electrons. The van der Waals surface area contributed by atoms with Crippen molar-refractivity contribution in [1.29, 1.82) is 0 Å². The Morgan fingerprint density at radius 3 is 2.08 bits per heavy atom. The lowest BCUT2D eigenvalue weighted by Gasteiger charge is -2.13. The summed E-state index contributed by atoms with van der Waals surface area (Å²) in [6.07, 6.45) is 0. The highest BCUT2D eigenvalue weighted by Crippen LogP contribution is 2.31. The Hall–Kier alpha value is -1.77. The molecule has 0 aliphatic rings. The van der Waals surface area contributed by atoms with Crippen LogP contribution in [-0.2, 0) is 16.9 Å². The number of halogens is 2. The summed E-state index contributed by atoms with van der Waals surface area (Å²) < 4.78 is 27.6. The summed E-state index contributed by atoms with van der Waals surface area (Å²) in [4.78, 5) is 8.78. The van der Waals surface area contributed by atoms with Gasteiger partial charge < -0.3 is 4.57 Å². The molecule has 2 heterocycles. The molecule has 25 heavy (non-hydrogen) atoms. The van der Waals surface area contributed by atoms with E-state index in [1.165, 1.54) is 10.6 Å². The standard InChI is InChI=1S/C15H15Cl2N5O2S/c1-7(2)13-14(25(23,24)15-21-20-8(3)22(15)4)19-12-6-10(17)9(16)5-11(12)18-13/h5-7H,1-4H3. The Morgan fingerprint density at radius 1 is 1.04 bits per heavy atom. The third-order valence-electron chi connectivity index (χ3n) is 3.79. The topological polar surface area (TPSA) is 90.6 Å². The van der Waals surface area contributed by atoms with Gasteiger partial charge in [-0.1, -0.05) is 37.0 Å². The fraction of sp³-hybridized carbons (Fsp3) is 0.333. The summed E-state index contributed by atoms with van der Waals surface area (Å²) in [5.74, 6) is 0.304. The van der Waals surface area contributed by atoms with E-state index in [1.54, 1.807) is 20.0 Å². The molecule has 0 aliphatic carbocycles. The minimum atomic E-state index is -4.00. The molecule has 0 atom stereocenters. The molecule has 0 N–H and O–H groups in total. The molecule has 0 saturated carbocycles. The van der Waals surface area contributed by atoms with Crippen molar-refractivity contribution in [3.05, 3.63) is 33.7 Å². The van der Waals surface area contributed by atoms with Crippen molar-refractivity contribution in [1.82, 2.24) is 24.7 Å². The highest BCUT2D eigenvalue weighted by Gasteiger charge is 2.31. The second-order valence-corrected chi connectivity index (χ2v) is 8.49. The van der Waals surface area contributed by atoms with Gasteiger partial charge in [0.15, 0.2) is 5.03 Å². The number of fused-ring (bicyclic) bond motifs is 1. The number of benzene rings is 1. The summed E-state index contributed by atoms with van der Waals surface area (Å²) >= 11 is 12.1. The average molecular weight is 400 g/mol. The second kappa shape index (κ2) is 6.19. The van der Waals surface area contributed by atoms with E-state index < -0.39 is 9.84 Å². The molecule has 1 aromatic carbocycles. The van der Waals surface area contributed by atoms with Crippen LogP contribution in [-0.4, -0.2) is 33.2 Å². The first-order valence-electron chi connectivity index (χ1n) is 7.40. The number of nitrogens with zero attached hydrogens (tertiary/aromatic N) is 5. The minimum absolute atomic E-state index is 0.149. The number of hydrogen-bond donors (Lipinski definition) is 0. The minimum Gasteiger partial charge on any atom is -0.305 e.